The van der Waals surface area contributed by atoms with Crippen molar-refractivity contribution in [3.05, 3.63) is 54.2 Å². The minimum Gasteiger partial charge on any atom is -0.397 e. The van der Waals surface area contributed by atoms with Crippen molar-refractivity contribution < 1.29 is 13.2 Å². The summed E-state index contributed by atoms with van der Waals surface area (Å²) < 4.78 is 38.2. The number of nitrogen functional groups attached to an aromatic ring is 1. The number of nitrogens with two attached hydrogens (primary N) is 1. The van der Waals surface area contributed by atoms with E-state index in [-0.39, 0.29) is 5.82 Å². The lowest BCUT2D eigenvalue weighted by Gasteiger charge is -2.08. The average Bonchev–Trinajstić information content (AvgIpc) is 2.47. The zero-order chi connectivity index (χ0) is 15.0. The van der Waals surface area contributed by atoms with E-state index in [1.54, 1.807) is 24.4 Å². The monoisotopic (exact) mass is 289 g/mol. The number of nitrogens with zero attached hydrogens (tertiary/aromatic N) is 2. The summed E-state index contributed by atoms with van der Waals surface area (Å²) in [5.41, 5.74) is 6.39. The lowest BCUT2D eigenvalue weighted by molar-refractivity contribution is -0.137. The van der Waals surface area contributed by atoms with Crippen LogP contribution in [-0.4, -0.2) is 9.97 Å². The van der Waals surface area contributed by atoms with Gasteiger partial charge in [0.2, 0.25) is 0 Å². The Labute approximate surface area is 118 Å². The molecule has 106 valence electrons. The van der Waals surface area contributed by atoms with Gasteiger partial charge in [0.25, 0.3) is 0 Å². The van der Waals surface area contributed by atoms with Crippen molar-refractivity contribution in [2.75, 3.05) is 5.73 Å². The predicted molar refractivity (Wildman–Crippen MR) is 74.4 cm³/mol. The highest BCUT2D eigenvalue weighted by Gasteiger charge is 2.30. The fourth-order valence-corrected chi connectivity index (χ4v) is 2.05. The molecule has 0 saturated heterocycles. The summed E-state index contributed by atoms with van der Waals surface area (Å²) in [5, 5.41) is 0.741. The van der Waals surface area contributed by atoms with Crippen molar-refractivity contribution in [1.82, 2.24) is 9.97 Å². The zero-order valence-electron chi connectivity index (χ0n) is 10.7. The number of alkyl halides is 3. The fourth-order valence-electron chi connectivity index (χ4n) is 2.05. The third-order valence-corrected chi connectivity index (χ3v) is 3.09. The highest BCUT2D eigenvalue weighted by atomic mass is 19.4. The van der Waals surface area contributed by atoms with Gasteiger partial charge in [-0.05, 0) is 18.2 Å². The Morgan fingerprint density at radius 2 is 1.76 bits per heavy atom. The van der Waals surface area contributed by atoms with E-state index < -0.39 is 11.7 Å². The molecule has 1 heterocycles. The predicted octanol–water partition coefficient (Wildman–Crippen LogP) is 3.90. The van der Waals surface area contributed by atoms with E-state index in [1.807, 2.05) is 0 Å². The first-order valence-electron chi connectivity index (χ1n) is 6.14. The number of anilines is 1. The summed E-state index contributed by atoms with van der Waals surface area (Å²) in [7, 11) is 0. The number of para-hydroxylation sites is 1. The van der Waals surface area contributed by atoms with Crippen LogP contribution in [0.1, 0.15) is 5.56 Å². The van der Waals surface area contributed by atoms with Gasteiger partial charge in [0.15, 0.2) is 5.82 Å². The molecule has 3 aromatic rings. The largest absolute Gasteiger partial charge is 0.416 e. The number of halogens is 3. The maximum absolute atomic E-state index is 12.7. The van der Waals surface area contributed by atoms with E-state index >= 15 is 0 Å². The maximum Gasteiger partial charge on any atom is 0.416 e. The second-order valence-electron chi connectivity index (χ2n) is 4.56. The van der Waals surface area contributed by atoms with Crippen LogP contribution >= 0.6 is 0 Å². The van der Waals surface area contributed by atoms with Crippen LogP contribution in [0.3, 0.4) is 0 Å². The van der Waals surface area contributed by atoms with E-state index in [9.17, 15) is 13.2 Å². The number of hydrogen-bond acceptors (Lipinski definition) is 3. The molecule has 0 amide bonds. The maximum atomic E-state index is 12.7. The van der Waals surface area contributed by atoms with Gasteiger partial charge in [-0.3, -0.25) is 0 Å². The third kappa shape index (κ3) is 2.52. The number of hydrogen-bond donors (Lipinski definition) is 1. The standard InChI is InChI=1S/C15H10F3N3/c16-15(17,18)11-5-1-3-9(7-11)14-20-8-10-4-2-6-12(19)13(10)21-14/h1-8H,19H2. The van der Waals surface area contributed by atoms with E-state index in [1.165, 1.54) is 12.1 Å². The summed E-state index contributed by atoms with van der Waals surface area (Å²) >= 11 is 0. The SMILES string of the molecule is Nc1cccc2cnc(-c3cccc(C(F)(F)F)c3)nc12. The van der Waals surface area contributed by atoms with Gasteiger partial charge in [0, 0.05) is 17.1 Å². The second-order valence-corrected chi connectivity index (χ2v) is 4.56. The van der Waals surface area contributed by atoms with Gasteiger partial charge < -0.3 is 5.73 Å². The van der Waals surface area contributed by atoms with Gasteiger partial charge in [-0.1, -0.05) is 24.3 Å². The van der Waals surface area contributed by atoms with E-state index in [0.717, 1.165) is 17.5 Å². The summed E-state index contributed by atoms with van der Waals surface area (Å²) in [4.78, 5) is 8.37. The fraction of sp³-hybridized carbons (Fsp3) is 0.0667. The Kier molecular flexibility index (Phi) is 3.01. The van der Waals surface area contributed by atoms with Gasteiger partial charge in [-0.25, -0.2) is 9.97 Å². The van der Waals surface area contributed by atoms with E-state index in [4.69, 9.17) is 5.73 Å². The molecule has 0 fully saturated rings. The molecule has 0 atom stereocenters. The van der Waals surface area contributed by atoms with Crippen LogP contribution in [-0.2, 0) is 6.18 Å². The van der Waals surface area contributed by atoms with Crippen molar-refractivity contribution in [3.8, 4) is 11.4 Å². The summed E-state index contributed by atoms with van der Waals surface area (Å²) in [6.45, 7) is 0. The third-order valence-electron chi connectivity index (χ3n) is 3.09. The average molecular weight is 289 g/mol. The molecule has 2 aromatic carbocycles. The van der Waals surface area contributed by atoms with Gasteiger partial charge in [0.05, 0.1) is 16.8 Å². The second kappa shape index (κ2) is 4.73. The lowest BCUT2D eigenvalue weighted by atomic mass is 10.1. The number of fused-ring (bicyclic) bond motifs is 1. The molecule has 6 heteroatoms. The molecule has 0 saturated carbocycles. The van der Waals surface area contributed by atoms with Gasteiger partial charge in [-0.2, -0.15) is 13.2 Å². The van der Waals surface area contributed by atoms with Crippen LogP contribution in [0.5, 0.6) is 0 Å². The van der Waals surface area contributed by atoms with Crippen molar-refractivity contribution >= 4 is 16.6 Å². The van der Waals surface area contributed by atoms with Crippen molar-refractivity contribution in [2.45, 2.75) is 6.18 Å². The molecular weight excluding hydrogens is 279 g/mol. The van der Waals surface area contributed by atoms with Crippen LogP contribution in [0.25, 0.3) is 22.3 Å². The Morgan fingerprint density at radius 3 is 2.52 bits per heavy atom. The quantitative estimate of drug-likeness (QED) is 0.691. The Balaban J connectivity index is 2.15. The van der Waals surface area contributed by atoms with Crippen LogP contribution in [0, 0.1) is 0 Å². The van der Waals surface area contributed by atoms with Gasteiger partial charge >= 0.3 is 6.18 Å². The smallest absolute Gasteiger partial charge is 0.397 e. The topological polar surface area (TPSA) is 51.8 Å². The van der Waals surface area contributed by atoms with Crippen molar-refractivity contribution in [3.63, 3.8) is 0 Å². The summed E-state index contributed by atoms with van der Waals surface area (Å²) in [5.74, 6) is 0.214. The molecule has 0 spiro atoms. The van der Waals surface area contributed by atoms with E-state index in [2.05, 4.69) is 9.97 Å². The zero-order valence-corrected chi connectivity index (χ0v) is 10.7. The van der Waals surface area contributed by atoms with Crippen molar-refractivity contribution in [1.29, 1.82) is 0 Å². The number of rotatable bonds is 1. The molecule has 0 aliphatic rings. The Bertz CT molecular complexity index is 813. The van der Waals surface area contributed by atoms with Crippen LogP contribution in [0.2, 0.25) is 0 Å². The first-order chi connectivity index (χ1) is 9.95. The Morgan fingerprint density at radius 1 is 1.00 bits per heavy atom. The van der Waals surface area contributed by atoms with Crippen LogP contribution < -0.4 is 5.73 Å². The molecule has 1 aromatic heterocycles. The van der Waals surface area contributed by atoms with E-state index in [0.29, 0.717) is 16.8 Å². The molecule has 2 N–H and O–H groups in total. The summed E-state index contributed by atoms with van der Waals surface area (Å²) in [6.07, 6.45) is -2.85. The summed E-state index contributed by atoms with van der Waals surface area (Å²) in [6, 6.07) is 10.2. The van der Waals surface area contributed by atoms with Crippen LogP contribution in [0.4, 0.5) is 18.9 Å². The number of aromatic nitrogens is 2. The highest BCUT2D eigenvalue weighted by molar-refractivity contribution is 5.89. The molecule has 3 rings (SSSR count). The highest BCUT2D eigenvalue weighted by Crippen LogP contribution is 2.31. The van der Waals surface area contributed by atoms with Gasteiger partial charge in [0.1, 0.15) is 0 Å². The first-order valence-corrected chi connectivity index (χ1v) is 6.14. The molecular formula is C15H10F3N3. The van der Waals surface area contributed by atoms with Gasteiger partial charge in [-0.15, -0.1) is 0 Å². The minimum absolute atomic E-state index is 0.214. The molecule has 0 unspecified atom stereocenters. The first kappa shape index (κ1) is 13.4. The lowest BCUT2D eigenvalue weighted by Crippen LogP contribution is -2.05. The molecule has 0 aliphatic heterocycles. The molecule has 0 bridgehead atoms. The molecule has 21 heavy (non-hydrogen) atoms. The molecule has 3 nitrogen and oxygen atoms in total. The normalized spacial score (nSPS) is 11.8. The minimum atomic E-state index is -4.40. The number of benzene rings is 2. The molecule has 0 aliphatic carbocycles. The van der Waals surface area contributed by atoms with Crippen LogP contribution in [0.15, 0.2) is 48.7 Å². The van der Waals surface area contributed by atoms with Crippen molar-refractivity contribution in [2.24, 2.45) is 0 Å². The Hall–Kier alpha value is -2.63. The molecule has 0 radical (unpaired) electrons.